The molecule has 16 nitrogen and oxygen atoms in total. The van der Waals surface area contributed by atoms with Gasteiger partial charge in [-0.1, -0.05) is 48.5 Å². The number of H-pyrrole nitrogens is 2. The van der Waals surface area contributed by atoms with Gasteiger partial charge < -0.3 is 48.0 Å². The third kappa shape index (κ3) is 10.9. The third-order valence-electron chi connectivity index (χ3n) is 10.3. The largest absolute Gasteiger partial charge is 0.368 e. The predicted molar refractivity (Wildman–Crippen MR) is 209 cm³/mol. The maximum absolute atomic E-state index is 14.4. The number of benzene rings is 2. The SMILES string of the molecule is C[C@@H](C(=O)N[C@@H](Cc1c[nH]c2ccccc12)C(=O)C[C@H](Cc1ccccc1)C(=O)N[C@@H](CCCCN)C(N)=O)N1CC[C@@H](NC(=O)[C@@H](N)Cc2cnc[nH]2)C1=O. The smallest absolute Gasteiger partial charge is 0.245 e. The fraction of sp³-hybridized carbons (Fsp3) is 0.425. The van der Waals surface area contributed by atoms with Crippen LogP contribution in [0.4, 0.5) is 0 Å². The lowest BCUT2D eigenvalue weighted by Gasteiger charge is -2.27. The highest BCUT2D eigenvalue weighted by molar-refractivity contribution is 5.97. The maximum Gasteiger partial charge on any atom is 0.245 e. The number of aromatic amines is 2. The van der Waals surface area contributed by atoms with Crippen LogP contribution in [-0.2, 0) is 48.0 Å². The summed E-state index contributed by atoms with van der Waals surface area (Å²) >= 11 is 0. The van der Waals surface area contributed by atoms with E-state index in [0.717, 1.165) is 22.0 Å². The lowest BCUT2D eigenvalue weighted by atomic mass is 9.89. The van der Waals surface area contributed by atoms with Gasteiger partial charge in [-0.3, -0.25) is 28.8 Å². The Kier molecular flexibility index (Phi) is 14.5. The molecule has 0 aliphatic carbocycles. The molecular formula is C40H52N10O6. The molecule has 1 aliphatic heterocycles. The van der Waals surface area contributed by atoms with Crippen LogP contribution in [0.1, 0.15) is 55.8 Å². The van der Waals surface area contributed by atoms with Crippen LogP contribution >= 0.6 is 0 Å². The van der Waals surface area contributed by atoms with E-state index in [-0.39, 0.29) is 38.6 Å². The van der Waals surface area contributed by atoms with Crippen molar-refractivity contribution in [2.75, 3.05) is 13.1 Å². The molecule has 6 atom stereocenters. The van der Waals surface area contributed by atoms with E-state index in [4.69, 9.17) is 17.2 Å². The summed E-state index contributed by atoms with van der Waals surface area (Å²) < 4.78 is 0. The summed E-state index contributed by atoms with van der Waals surface area (Å²) in [5, 5.41) is 9.22. The molecule has 1 saturated heterocycles. The van der Waals surface area contributed by atoms with Gasteiger partial charge in [0, 0.05) is 60.7 Å². The first kappa shape index (κ1) is 41.3. The summed E-state index contributed by atoms with van der Waals surface area (Å²) in [6.45, 7) is 2.19. The minimum absolute atomic E-state index is 0.102. The van der Waals surface area contributed by atoms with Crippen LogP contribution in [0.2, 0.25) is 0 Å². The number of carbonyl (C=O) groups excluding carboxylic acids is 6. The lowest BCUT2D eigenvalue weighted by molar-refractivity contribution is -0.140. The molecule has 0 saturated carbocycles. The van der Waals surface area contributed by atoms with Gasteiger partial charge in [-0.25, -0.2) is 4.98 Å². The van der Waals surface area contributed by atoms with Crippen molar-refractivity contribution in [3.63, 3.8) is 0 Å². The van der Waals surface area contributed by atoms with Gasteiger partial charge in [-0.2, -0.15) is 0 Å². The normalized spacial score (nSPS) is 16.8. The van der Waals surface area contributed by atoms with Gasteiger partial charge in [0.15, 0.2) is 5.78 Å². The molecule has 298 valence electrons. The highest BCUT2D eigenvalue weighted by Crippen LogP contribution is 2.23. The molecule has 0 unspecified atom stereocenters. The number of nitrogens with one attached hydrogen (secondary N) is 5. The summed E-state index contributed by atoms with van der Waals surface area (Å²) in [4.78, 5) is 92.2. The Balaban J connectivity index is 1.32. The van der Waals surface area contributed by atoms with Crippen molar-refractivity contribution in [1.82, 2.24) is 35.8 Å². The van der Waals surface area contributed by atoms with E-state index in [0.29, 0.717) is 31.5 Å². The topological polar surface area (TPSA) is 264 Å². The number of amides is 5. The molecule has 16 heteroatoms. The molecule has 11 N–H and O–H groups in total. The zero-order chi connectivity index (χ0) is 40.2. The molecule has 1 fully saturated rings. The van der Waals surface area contributed by atoms with Crippen LogP contribution < -0.4 is 33.2 Å². The molecule has 5 rings (SSSR count). The number of rotatable bonds is 21. The van der Waals surface area contributed by atoms with Crippen molar-refractivity contribution < 1.29 is 28.8 Å². The molecule has 2 aromatic heterocycles. The predicted octanol–water partition coefficient (Wildman–Crippen LogP) is 0.511. The monoisotopic (exact) mass is 768 g/mol. The summed E-state index contributed by atoms with van der Waals surface area (Å²) in [5.74, 6) is -4.02. The van der Waals surface area contributed by atoms with Crippen molar-refractivity contribution >= 4 is 46.2 Å². The minimum Gasteiger partial charge on any atom is -0.368 e. The number of primary amides is 1. The molecule has 0 bridgehead atoms. The Hall–Kier alpha value is -5.87. The molecule has 3 heterocycles. The number of para-hydroxylation sites is 1. The fourth-order valence-electron chi connectivity index (χ4n) is 7.03. The number of aromatic nitrogens is 3. The number of nitrogens with two attached hydrogens (primary N) is 3. The Morgan fingerprint density at radius 3 is 2.36 bits per heavy atom. The molecule has 2 aromatic carbocycles. The van der Waals surface area contributed by atoms with Crippen LogP contribution in [0.5, 0.6) is 0 Å². The van der Waals surface area contributed by atoms with Gasteiger partial charge in [0.05, 0.1) is 18.4 Å². The van der Waals surface area contributed by atoms with Gasteiger partial charge >= 0.3 is 0 Å². The van der Waals surface area contributed by atoms with E-state index in [1.165, 1.54) is 11.2 Å². The first-order valence-electron chi connectivity index (χ1n) is 19.0. The van der Waals surface area contributed by atoms with Crippen molar-refractivity contribution in [3.8, 4) is 0 Å². The average Bonchev–Trinajstić information content (AvgIpc) is 3.94. The molecular weight excluding hydrogens is 717 g/mol. The quantitative estimate of drug-likeness (QED) is 0.0549. The fourth-order valence-corrected chi connectivity index (χ4v) is 7.03. The molecule has 1 aliphatic rings. The van der Waals surface area contributed by atoms with E-state index >= 15 is 0 Å². The van der Waals surface area contributed by atoms with Crippen molar-refractivity contribution in [1.29, 1.82) is 0 Å². The first-order valence-corrected chi connectivity index (χ1v) is 19.0. The van der Waals surface area contributed by atoms with E-state index < -0.39 is 71.4 Å². The second kappa shape index (κ2) is 19.6. The van der Waals surface area contributed by atoms with Crippen LogP contribution in [0, 0.1) is 5.92 Å². The highest BCUT2D eigenvalue weighted by Gasteiger charge is 2.39. The van der Waals surface area contributed by atoms with Crippen LogP contribution in [-0.4, -0.2) is 98.5 Å². The lowest BCUT2D eigenvalue weighted by Crippen LogP contribution is -2.54. The number of unbranched alkanes of at least 4 members (excludes halogenated alkanes) is 1. The van der Waals surface area contributed by atoms with Crippen LogP contribution in [0.15, 0.2) is 73.3 Å². The number of imidazole rings is 1. The number of carbonyl (C=O) groups is 6. The van der Waals surface area contributed by atoms with Gasteiger partial charge in [-0.05, 0) is 62.8 Å². The van der Waals surface area contributed by atoms with Crippen LogP contribution in [0.25, 0.3) is 10.9 Å². The van der Waals surface area contributed by atoms with Crippen molar-refractivity contribution in [3.05, 3.63) is 90.1 Å². The van der Waals surface area contributed by atoms with Crippen molar-refractivity contribution in [2.45, 2.75) is 88.5 Å². The molecule has 5 amide bonds. The summed E-state index contributed by atoms with van der Waals surface area (Å²) in [7, 11) is 0. The van der Waals surface area contributed by atoms with E-state index in [2.05, 4.69) is 30.9 Å². The Morgan fingerprint density at radius 1 is 0.911 bits per heavy atom. The Labute approximate surface area is 325 Å². The van der Waals surface area contributed by atoms with E-state index in [1.807, 2.05) is 54.6 Å². The minimum atomic E-state index is -1.08. The average molecular weight is 769 g/mol. The number of hydrogen-bond donors (Lipinski definition) is 8. The molecule has 0 radical (unpaired) electrons. The number of ketones is 1. The number of fused-ring (bicyclic) bond motifs is 1. The Bertz CT molecular complexity index is 1970. The van der Waals surface area contributed by atoms with Gasteiger partial charge in [0.2, 0.25) is 29.5 Å². The Morgan fingerprint density at radius 2 is 1.64 bits per heavy atom. The summed E-state index contributed by atoms with van der Waals surface area (Å²) in [5.41, 5.74) is 20.4. The molecule has 0 spiro atoms. The third-order valence-corrected chi connectivity index (χ3v) is 10.3. The summed E-state index contributed by atoms with van der Waals surface area (Å²) in [6, 6.07) is 12.0. The van der Waals surface area contributed by atoms with Crippen LogP contribution in [0.3, 0.4) is 0 Å². The zero-order valence-corrected chi connectivity index (χ0v) is 31.5. The van der Waals surface area contributed by atoms with Gasteiger partial charge in [-0.15, -0.1) is 0 Å². The second-order valence-electron chi connectivity index (χ2n) is 14.4. The highest BCUT2D eigenvalue weighted by atomic mass is 16.2. The molecule has 4 aromatic rings. The number of likely N-dealkylation sites (tertiary alicyclic amines) is 1. The number of hydrogen-bond acceptors (Lipinski definition) is 9. The second-order valence-corrected chi connectivity index (χ2v) is 14.4. The zero-order valence-electron chi connectivity index (χ0n) is 31.5. The van der Waals surface area contributed by atoms with E-state index in [1.54, 1.807) is 19.3 Å². The van der Waals surface area contributed by atoms with Crippen molar-refractivity contribution in [2.24, 2.45) is 23.1 Å². The van der Waals surface area contributed by atoms with Gasteiger partial charge in [0.25, 0.3) is 0 Å². The first-order chi connectivity index (χ1) is 26.9. The van der Waals surface area contributed by atoms with E-state index in [9.17, 15) is 28.8 Å². The molecule has 56 heavy (non-hydrogen) atoms. The summed E-state index contributed by atoms with van der Waals surface area (Å²) in [6.07, 6.45) is 6.87. The standard InChI is InChI=1S/C40H52N10O6/c1-24(50-16-14-33(40(50)56)48-39(55)30(42)20-28-22-44-23-46-28)37(53)49-34(18-27-21-45-31-12-6-5-11-29(27)31)35(51)19-26(17-25-9-3-2-4-10-25)38(54)47-32(36(43)52)13-7-8-15-41/h2-6,9-12,21-24,26,30,32-34,45H,7-8,13-20,41-42H2,1H3,(H2,43,52)(H,44,46)(H,47,54)(H,48,55)(H,49,53)/t24-,26-,30-,32-,33+,34-/m0/s1. The number of Topliss-reactive ketones (excluding diaryl/α,β-unsaturated/α-hetero) is 1. The maximum atomic E-state index is 14.4. The number of nitrogens with zero attached hydrogens (tertiary/aromatic N) is 2. The van der Waals surface area contributed by atoms with Gasteiger partial charge in [0.1, 0.15) is 18.1 Å².